The van der Waals surface area contributed by atoms with E-state index in [1.54, 1.807) is 6.08 Å². The summed E-state index contributed by atoms with van der Waals surface area (Å²) in [5, 5.41) is 8.99. The molecule has 0 saturated carbocycles. The van der Waals surface area contributed by atoms with Gasteiger partial charge in [0, 0.05) is 18.5 Å². The van der Waals surface area contributed by atoms with Crippen molar-refractivity contribution in [3.8, 4) is 0 Å². The molecule has 0 aliphatic heterocycles. The van der Waals surface area contributed by atoms with E-state index in [0.29, 0.717) is 21.6 Å². The zero-order valence-corrected chi connectivity index (χ0v) is 12.6. The topological polar surface area (TPSA) is 57.6 Å². The van der Waals surface area contributed by atoms with Gasteiger partial charge in [-0.3, -0.25) is 0 Å². The number of thiophene rings is 1. The lowest BCUT2D eigenvalue weighted by Gasteiger charge is -2.15. The Hall–Kier alpha value is -0.210. The molecule has 1 N–H and O–H groups in total. The molecular weight excluding hydrogens is 326 g/mol. The lowest BCUT2D eigenvalue weighted by atomic mass is 10.4. The highest BCUT2D eigenvalue weighted by Crippen LogP contribution is 2.33. The Morgan fingerprint density at radius 1 is 1.65 bits per heavy atom. The summed E-state index contributed by atoms with van der Waals surface area (Å²) in [4.78, 5) is 0.825. The Morgan fingerprint density at radius 3 is 2.76 bits per heavy atom. The molecule has 0 unspecified atom stereocenters. The van der Waals surface area contributed by atoms with E-state index in [9.17, 15) is 8.42 Å². The van der Waals surface area contributed by atoms with Crippen LogP contribution in [0.2, 0.25) is 0 Å². The Bertz CT molecular complexity index is 496. The van der Waals surface area contributed by atoms with Crippen molar-refractivity contribution < 1.29 is 13.5 Å². The minimum absolute atomic E-state index is 0.158. The Labute approximate surface area is 114 Å². The van der Waals surface area contributed by atoms with E-state index < -0.39 is 10.0 Å². The van der Waals surface area contributed by atoms with E-state index >= 15 is 0 Å². The molecule has 17 heavy (non-hydrogen) atoms. The van der Waals surface area contributed by atoms with Crippen LogP contribution < -0.4 is 0 Å². The second-order valence-corrected chi connectivity index (χ2v) is 7.88. The predicted octanol–water partition coefficient (Wildman–Crippen LogP) is 2.20. The average Bonchev–Trinajstić information content (AvgIpc) is 2.67. The fraction of sp³-hybridized carbons (Fsp3) is 0.400. The van der Waals surface area contributed by atoms with Crippen molar-refractivity contribution in [2.75, 3.05) is 13.6 Å². The van der Waals surface area contributed by atoms with Gasteiger partial charge in [0.25, 0.3) is 0 Å². The van der Waals surface area contributed by atoms with Crippen LogP contribution in [0.3, 0.4) is 0 Å². The number of nitrogens with zero attached hydrogens (tertiary/aromatic N) is 1. The monoisotopic (exact) mass is 339 g/mol. The van der Waals surface area contributed by atoms with Crippen LogP contribution in [0.1, 0.15) is 11.3 Å². The fourth-order valence-electron chi connectivity index (χ4n) is 1.21. The maximum atomic E-state index is 12.2. The molecule has 0 amide bonds. The average molecular weight is 340 g/mol. The molecule has 0 aromatic carbocycles. The minimum atomic E-state index is -3.49. The first-order chi connectivity index (χ1) is 7.93. The summed E-state index contributed by atoms with van der Waals surface area (Å²) in [6, 6.07) is 1.49. The van der Waals surface area contributed by atoms with Crippen molar-refractivity contribution in [1.82, 2.24) is 4.31 Å². The molecule has 1 aromatic heterocycles. The van der Waals surface area contributed by atoms with Gasteiger partial charge in [-0.1, -0.05) is 6.08 Å². The number of aliphatic hydroxyl groups is 1. The van der Waals surface area contributed by atoms with Crippen LogP contribution in [0, 0.1) is 0 Å². The number of rotatable bonds is 6. The molecule has 4 nitrogen and oxygen atoms in total. The van der Waals surface area contributed by atoms with Gasteiger partial charge < -0.3 is 5.11 Å². The summed E-state index contributed by atoms with van der Waals surface area (Å²) in [6.45, 7) is 3.79. The molecule has 1 aromatic rings. The summed E-state index contributed by atoms with van der Waals surface area (Å²) in [7, 11) is -1.96. The summed E-state index contributed by atoms with van der Waals surface area (Å²) in [5.74, 6) is 0. The molecule has 1 heterocycles. The van der Waals surface area contributed by atoms with Gasteiger partial charge in [0.1, 0.15) is 4.90 Å². The Morgan fingerprint density at radius 2 is 2.29 bits per heavy atom. The quantitative estimate of drug-likeness (QED) is 0.808. The molecule has 0 fully saturated rings. The molecule has 1 rings (SSSR count). The third kappa shape index (κ3) is 3.38. The zero-order valence-electron chi connectivity index (χ0n) is 9.39. The molecule has 0 radical (unpaired) electrons. The van der Waals surface area contributed by atoms with Crippen LogP contribution in [-0.4, -0.2) is 31.4 Å². The van der Waals surface area contributed by atoms with E-state index in [0.717, 1.165) is 0 Å². The molecule has 96 valence electrons. The van der Waals surface area contributed by atoms with Crippen LogP contribution >= 0.6 is 27.3 Å². The van der Waals surface area contributed by atoms with Gasteiger partial charge in [-0.15, -0.1) is 17.9 Å². The van der Waals surface area contributed by atoms with Gasteiger partial charge in [-0.25, -0.2) is 12.7 Å². The third-order valence-electron chi connectivity index (χ3n) is 2.20. The van der Waals surface area contributed by atoms with Gasteiger partial charge in [-0.05, 0) is 28.4 Å². The molecule has 0 spiro atoms. The fourth-order valence-corrected chi connectivity index (χ4v) is 4.89. The molecule has 0 saturated heterocycles. The number of aliphatic hydroxyl groups excluding tert-OH is 1. The first kappa shape index (κ1) is 14.8. The van der Waals surface area contributed by atoms with Gasteiger partial charge in [-0.2, -0.15) is 0 Å². The summed E-state index contributed by atoms with van der Waals surface area (Å²) in [5.41, 5.74) is 0. The first-order valence-corrected chi connectivity index (χ1v) is 7.94. The molecule has 7 heteroatoms. The molecule has 0 aliphatic rings. The second-order valence-electron chi connectivity index (χ2n) is 3.41. The number of sulfonamides is 1. The highest BCUT2D eigenvalue weighted by Gasteiger charge is 2.25. The summed E-state index contributed by atoms with van der Waals surface area (Å²) in [6.07, 6.45) is 2.28. The maximum absolute atomic E-state index is 12.2. The minimum Gasteiger partial charge on any atom is -0.391 e. The van der Waals surface area contributed by atoms with Gasteiger partial charge in [0.2, 0.25) is 10.0 Å². The van der Waals surface area contributed by atoms with Crippen LogP contribution in [0.4, 0.5) is 0 Å². The van der Waals surface area contributed by atoms with E-state index in [-0.39, 0.29) is 11.5 Å². The second kappa shape index (κ2) is 6.10. The molecule has 0 atom stereocenters. The molecule has 0 aliphatic carbocycles. The lowest BCUT2D eigenvalue weighted by molar-refractivity contribution is 0.285. The van der Waals surface area contributed by atoms with E-state index in [1.807, 2.05) is 0 Å². The standard InChI is InChI=1S/C10H14BrNO3S2/c1-3-4-5-12(2)17(14,15)9-6-8(7-13)16-10(9)11/h3,6,13H,1,4-5,7H2,2H3. The summed E-state index contributed by atoms with van der Waals surface area (Å²) >= 11 is 4.43. The van der Waals surface area contributed by atoms with Crippen molar-refractivity contribution in [3.05, 3.63) is 27.4 Å². The number of hydrogen-bond acceptors (Lipinski definition) is 4. The maximum Gasteiger partial charge on any atom is 0.244 e. The highest BCUT2D eigenvalue weighted by atomic mass is 79.9. The van der Waals surface area contributed by atoms with Crippen LogP contribution in [0.5, 0.6) is 0 Å². The third-order valence-corrected chi connectivity index (χ3v) is 6.29. The van der Waals surface area contributed by atoms with Crippen molar-refractivity contribution in [2.45, 2.75) is 17.9 Å². The number of hydrogen-bond donors (Lipinski definition) is 1. The predicted molar refractivity (Wildman–Crippen MR) is 72.6 cm³/mol. The van der Waals surface area contributed by atoms with Crippen LogP contribution in [-0.2, 0) is 16.6 Å². The van der Waals surface area contributed by atoms with Crippen LogP contribution in [0.25, 0.3) is 0 Å². The number of halogens is 1. The van der Waals surface area contributed by atoms with E-state index in [1.165, 1.54) is 28.8 Å². The highest BCUT2D eigenvalue weighted by molar-refractivity contribution is 9.11. The zero-order chi connectivity index (χ0) is 13.1. The van der Waals surface area contributed by atoms with Crippen LogP contribution in [0.15, 0.2) is 27.4 Å². The largest absolute Gasteiger partial charge is 0.391 e. The van der Waals surface area contributed by atoms with Gasteiger partial charge in [0.05, 0.1) is 10.4 Å². The van der Waals surface area contributed by atoms with Crippen molar-refractivity contribution in [3.63, 3.8) is 0 Å². The smallest absolute Gasteiger partial charge is 0.244 e. The summed E-state index contributed by atoms with van der Waals surface area (Å²) < 4.78 is 26.2. The van der Waals surface area contributed by atoms with Gasteiger partial charge >= 0.3 is 0 Å². The van der Waals surface area contributed by atoms with E-state index in [2.05, 4.69) is 22.5 Å². The SMILES string of the molecule is C=CCCN(C)S(=O)(=O)c1cc(CO)sc1Br. The molecule has 0 bridgehead atoms. The van der Waals surface area contributed by atoms with Crippen molar-refractivity contribution in [2.24, 2.45) is 0 Å². The van der Waals surface area contributed by atoms with Crippen molar-refractivity contribution >= 4 is 37.3 Å². The van der Waals surface area contributed by atoms with E-state index in [4.69, 9.17) is 5.11 Å². The van der Waals surface area contributed by atoms with Crippen molar-refractivity contribution in [1.29, 1.82) is 0 Å². The normalized spacial score (nSPS) is 12.0. The molecular formula is C10H14BrNO3S2. The lowest BCUT2D eigenvalue weighted by Crippen LogP contribution is -2.27. The van der Waals surface area contributed by atoms with Gasteiger partial charge in [0.15, 0.2) is 0 Å². The first-order valence-electron chi connectivity index (χ1n) is 4.89. The Balaban J connectivity index is 3.03. The Kier molecular flexibility index (Phi) is 5.33.